The molecule has 7 nitrogen and oxygen atoms in total. The second-order valence-electron chi connectivity index (χ2n) is 4.96. The highest BCUT2D eigenvalue weighted by atomic mass is 32.1. The number of nitrogens with one attached hydrogen (secondary N) is 1. The number of aliphatic hydroxyl groups is 3. The molecule has 112 valence electrons. The fourth-order valence-electron chi connectivity index (χ4n) is 2.64. The second-order valence-corrected chi connectivity index (χ2v) is 5.35. The molecule has 0 radical (unpaired) electrons. The maximum absolute atomic E-state index is 12.7. The van der Waals surface area contributed by atoms with E-state index in [2.05, 4.69) is 5.32 Å². The van der Waals surface area contributed by atoms with Gasteiger partial charge in [0.15, 0.2) is 16.9 Å². The number of amides is 1. The van der Waals surface area contributed by atoms with Gasteiger partial charge in [-0.3, -0.25) is 9.69 Å². The van der Waals surface area contributed by atoms with Gasteiger partial charge in [0.1, 0.15) is 12.2 Å². The average Bonchev–Trinajstić information content (AvgIpc) is 2.75. The molecule has 2 aliphatic heterocycles. The minimum absolute atomic E-state index is 0.0541. The van der Waals surface area contributed by atoms with Crippen LogP contribution in [-0.4, -0.2) is 57.0 Å². The number of ether oxygens (including phenoxy) is 1. The molecule has 2 aliphatic rings. The molecule has 2 unspecified atom stereocenters. The summed E-state index contributed by atoms with van der Waals surface area (Å²) in [5.41, 5.74) is -1.29. The van der Waals surface area contributed by atoms with Crippen molar-refractivity contribution in [2.24, 2.45) is 0 Å². The van der Waals surface area contributed by atoms with Gasteiger partial charge < -0.3 is 25.4 Å². The molecule has 2 saturated heterocycles. The van der Waals surface area contributed by atoms with Gasteiger partial charge in [0.25, 0.3) is 5.91 Å². The van der Waals surface area contributed by atoms with Crippen molar-refractivity contribution in [1.82, 2.24) is 5.32 Å². The number of hydrogen-bond acceptors (Lipinski definition) is 6. The van der Waals surface area contributed by atoms with Gasteiger partial charge in [-0.25, -0.2) is 0 Å². The van der Waals surface area contributed by atoms with Crippen molar-refractivity contribution in [3.63, 3.8) is 0 Å². The zero-order valence-electron chi connectivity index (χ0n) is 10.8. The topological polar surface area (TPSA) is 102 Å². The van der Waals surface area contributed by atoms with E-state index < -0.39 is 29.9 Å². The van der Waals surface area contributed by atoms with Crippen molar-refractivity contribution in [3.8, 4) is 0 Å². The van der Waals surface area contributed by atoms with Crippen LogP contribution in [0.25, 0.3) is 0 Å². The Morgan fingerprint density at radius 3 is 2.62 bits per heavy atom. The van der Waals surface area contributed by atoms with Crippen molar-refractivity contribution in [1.29, 1.82) is 0 Å². The van der Waals surface area contributed by atoms with E-state index in [9.17, 15) is 20.1 Å². The van der Waals surface area contributed by atoms with Gasteiger partial charge in [0.2, 0.25) is 0 Å². The minimum Gasteiger partial charge on any atom is -0.388 e. The first-order chi connectivity index (χ1) is 9.98. The molecule has 21 heavy (non-hydrogen) atoms. The third-order valence-corrected chi connectivity index (χ3v) is 4.06. The Balaban J connectivity index is 2.03. The highest BCUT2D eigenvalue weighted by Gasteiger charge is 2.63. The highest BCUT2D eigenvalue weighted by Crippen LogP contribution is 2.34. The molecular formula is C13H14N2O5S. The van der Waals surface area contributed by atoms with Crippen LogP contribution < -0.4 is 10.2 Å². The molecule has 3 rings (SSSR count). The van der Waals surface area contributed by atoms with Gasteiger partial charge >= 0.3 is 0 Å². The van der Waals surface area contributed by atoms with Gasteiger partial charge in [0, 0.05) is 0 Å². The predicted molar refractivity (Wildman–Crippen MR) is 76.4 cm³/mol. The van der Waals surface area contributed by atoms with Crippen LogP contribution in [0.4, 0.5) is 5.69 Å². The highest BCUT2D eigenvalue weighted by molar-refractivity contribution is 7.80. The van der Waals surface area contributed by atoms with Crippen LogP contribution in [-0.2, 0) is 9.53 Å². The number of hydrogen-bond donors (Lipinski definition) is 4. The lowest BCUT2D eigenvalue weighted by Crippen LogP contribution is -2.71. The van der Waals surface area contributed by atoms with E-state index in [1.54, 1.807) is 30.3 Å². The third-order valence-electron chi connectivity index (χ3n) is 3.78. The normalized spacial score (nSPS) is 36.1. The van der Waals surface area contributed by atoms with Crippen molar-refractivity contribution >= 4 is 28.9 Å². The molecule has 1 aromatic carbocycles. The molecule has 0 bridgehead atoms. The summed E-state index contributed by atoms with van der Waals surface area (Å²) >= 11 is 5.15. The van der Waals surface area contributed by atoms with Crippen molar-refractivity contribution in [2.45, 2.75) is 24.0 Å². The molecule has 2 heterocycles. The zero-order chi connectivity index (χ0) is 15.2. The quantitative estimate of drug-likeness (QED) is 0.479. The first kappa shape index (κ1) is 14.4. The van der Waals surface area contributed by atoms with E-state index in [1.165, 1.54) is 4.90 Å². The molecule has 1 spiro atoms. The number of nitrogens with zero attached hydrogens (tertiary/aromatic N) is 1. The van der Waals surface area contributed by atoms with Crippen LogP contribution in [0.1, 0.15) is 0 Å². The molecule has 1 aromatic rings. The standard InChI is InChI=1S/C13H14N2O5S/c16-8-6-20-10(18)9(17)13(8)11(19)15(12(21)14-13)7-4-2-1-3-5-7/h1-5,8-10,16-18H,6H2,(H,14,21)/t8-,9-,10?,13?/m1/s1. The van der Waals surface area contributed by atoms with E-state index >= 15 is 0 Å². The summed E-state index contributed by atoms with van der Waals surface area (Å²) in [4.78, 5) is 13.9. The van der Waals surface area contributed by atoms with E-state index in [4.69, 9.17) is 17.0 Å². The minimum atomic E-state index is -1.80. The maximum atomic E-state index is 12.7. The van der Waals surface area contributed by atoms with Gasteiger partial charge in [0.05, 0.1) is 12.3 Å². The summed E-state index contributed by atoms with van der Waals surface area (Å²) in [6, 6.07) is 8.63. The van der Waals surface area contributed by atoms with Crippen LogP contribution in [0, 0.1) is 0 Å². The first-order valence-corrected chi connectivity index (χ1v) is 6.77. The third kappa shape index (κ3) is 1.95. The van der Waals surface area contributed by atoms with Crippen molar-refractivity contribution in [3.05, 3.63) is 30.3 Å². The van der Waals surface area contributed by atoms with E-state index in [0.29, 0.717) is 5.69 Å². The number of rotatable bonds is 1. The molecule has 0 aromatic heterocycles. The summed E-state index contributed by atoms with van der Waals surface area (Å²) in [5.74, 6) is -0.624. The number of carbonyl (C=O) groups excluding carboxylic acids is 1. The van der Waals surface area contributed by atoms with E-state index in [1.807, 2.05) is 0 Å². The zero-order valence-corrected chi connectivity index (χ0v) is 11.7. The lowest BCUT2D eigenvalue weighted by atomic mass is 9.84. The summed E-state index contributed by atoms with van der Waals surface area (Å²) in [6.07, 6.45) is -4.56. The molecule has 8 heteroatoms. The average molecular weight is 310 g/mol. The van der Waals surface area contributed by atoms with Crippen LogP contribution in [0.15, 0.2) is 30.3 Å². The van der Waals surface area contributed by atoms with Gasteiger partial charge in [-0.05, 0) is 24.4 Å². The summed E-state index contributed by atoms with van der Waals surface area (Å²) in [6.45, 7) is -0.289. The number of thiocarbonyl (C=S) groups is 1. The monoisotopic (exact) mass is 310 g/mol. The largest absolute Gasteiger partial charge is 0.388 e. The number of anilines is 1. The smallest absolute Gasteiger partial charge is 0.264 e. The Morgan fingerprint density at radius 1 is 1.29 bits per heavy atom. The Morgan fingerprint density at radius 2 is 1.95 bits per heavy atom. The van der Waals surface area contributed by atoms with Crippen LogP contribution in [0.5, 0.6) is 0 Å². The van der Waals surface area contributed by atoms with E-state index in [-0.39, 0.29) is 11.7 Å². The van der Waals surface area contributed by atoms with Crippen molar-refractivity contribution < 1.29 is 24.9 Å². The van der Waals surface area contributed by atoms with Crippen LogP contribution >= 0.6 is 12.2 Å². The summed E-state index contributed by atoms with van der Waals surface area (Å²) in [7, 11) is 0. The SMILES string of the molecule is O=C1N(c2ccccc2)C(=S)NC12[C@H](O)COC(O)[C@H]2O. The molecule has 0 saturated carbocycles. The van der Waals surface area contributed by atoms with Crippen LogP contribution in [0.3, 0.4) is 0 Å². The Bertz CT molecular complexity index is 583. The summed E-state index contributed by atoms with van der Waals surface area (Å²) < 4.78 is 4.82. The predicted octanol–water partition coefficient (Wildman–Crippen LogP) is -1.28. The van der Waals surface area contributed by atoms with Gasteiger partial charge in [-0.2, -0.15) is 0 Å². The fraction of sp³-hybridized carbons (Fsp3) is 0.385. The Hall–Kier alpha value is -1.58. The maximum Gasteiger partial charge on any atom is 0.264 e. The Labute approximate surface area is 125 Å². The number of benzene rings is 1. The van der Waals surface area contributed by atoms with Gasteiger partial charge in [-0.15, -0.1) is 0 Å². The van der Waals surface area contributed by atoms with Gasteiger partial charge in [-0.1, -0.05) is 18.2 Å². The molecule has 4 N–H and O–H groups in total. The lowest BCUT2D eigenvalue weighted by molar-refractivity contribution is -0.241. The second kappa shape index (κ2) is 5.00. The first-order valence-electron chi connectivity index (χ1n) is 6.36. The van der Waals surface area contributed by atoms with Crippen LogP contribution in [0.2, 0.25) is 0 Å². The van der Waals surface area contributed by atoms with E-state index in [0.717, 1.165) is 0 Å². The Kier molecular flexibility index (Phi) is 3.42. The number of aliphatic hydroxyl groups excluding tert-OH is 3. The lowest BCUT2D eigenvalue weighted by Gasteiger charge is -2.42. The fourth-order valence-corrected chi connectivity index (χ4v) is 2.99. The molecule has 1 amide bonds. The molecule has 2 fully saturated rings. The number of carbonyl (C=O) groups is 1. The van der Waals surface area contributed by atoms with Crippen molar-refractivity contribution in [2.75, 3.05) is 11.5 Å². The molecule has 4 atom stereocenters. The summed E-state index contributed by atoms with van der Waals surface area (Å²) in [5, 5.41) is 32.6. The molecule has 0 aliphatic carbocycles. The molecular weight excluding hydrogens is 296 g/mol. The number of para-hydroxylation sites is 1.